The maximum Gasteiger partial charge on any atom is 0.217 e. The zero-order chi connectivity index (χ0) is 11.8. The second-order valence-electron chi connectivity index (χ2n) is 3.28. The van der Waals surface area contributed by atoms with Crippen molar-refractivity contribution in [2.24, 2.45) is 0 Å². The van der Waals surface area contributed by atoms with Gasteiger partial charge in [0.1, 0.15) is 0 Å². The Morgan fingerprint density at radius 1 is 1.33 bits per heavy atom. The first kappa shape index (κ1) is 13.7. The normalized spacial score (nSPS) is 11.0. The topological polar surface area (TPSA) is 29.1 Å². The van der Waals surface area contributed by atoms with Crippen LogP contribution in [0.2, 0.25) is 0 Å². The second-order valence-corrected chi connectivity index (χ2v) is 3.28. The van der Waals surface area contributed by atoms with E-state index in [9.17, 15) is 4.79 Å². The molecule has 0 radical (unpaired) electrons. The van der Waals surface area contributed by atoms with Crippen molar-refractivity contribution in [2.45, 2.75) is 40.7 Å². The Bertz CT molecular complexity index is 313. The Kier molecular flexibility index (Phi) is 6.43. The fraction of sp³-hybridized carbons (Fsp3) is 0.462. The molecule has 0 fully saturated rings. The average molecular weight is 209 g/mol. The number of rotatable bonds is 2. The molecule has 2 heteroatoms. The molecule has 0 aliphatic carbocycles. The largest absolute Gasteiger partial charge is 0.350 e. The second kappa shape index (κ2) is 7.04. The van der Waals surface area contributed by atoms with Crippen LogP contribution in [0.4, 0.5) is 0 Å². The maximum atomic E-state index is 10.8. The van der Waals surface area contributed by atoms with Crippen molar-refractivity contribution in [3.63, 3.8) is 0 Å². The Balaban J connectivity index is 0. The predicted octanol–water partition coefficient (Wildman–Crippen LogP) is 3.46. The first-order chi connectivity index (χ1) is 7.11. The molecular weight excluding hydrogens is 186 g/mol. The standard InChI is InChI=1S/C11H15NO.C2H6.H2/c1-8-6-4-5-7-11(8)9(2)12-10(3)13;1-2;/h4-7,9H,1-3H3,(H,12,13);1-2H3;1H. The SMILES string of the molecule is CC.CC(=O)NC(C)c1ccccc1C.[HH]. The monoisotopic (exact) mass is 209 g/mol. The molecule has 0 saturated carbocycles. The third kappa shape index (κ3) is 4.63. The Labute approximate surface area is 94.2 Å². The van der Waals surface area contributed by atoms with Gasteiger partial charge < -0.3 is 5.32 Å². The summed E-state index contributed by atoms with van der Waals surface area (Å²) in [7, 11) is 0. The van der Waals surface area contributed by atoms with E-state index in [2.05, 4.69) is 5.32 Å². The van der Waals surface area contributed by atoms with E-state index in [0.29, 0.717) is 0 Å². The number of benzene rings is 1. The lowest BCUT2D eigenvalue weighted by molar-refractivity contribution is -0.119. The number of carbonyl (C=O) groups is 1. The van der Waals surface area contributed by atoms with Gasteiger partial charge in [-0.3, -0.25) is 4.79 Å². The summed E-state index contributed by atoms with van der Waals surface area (Å²) >= 11 is 0. The highest BCUT2D eigenvalue weighted by Crippen LogP contribution is 2.16. The van der Waals surface area contributed by atoms with E-state index >= 15 is 0 Å². The van der Waals surface area contributed by atoms with Crippen LogP contribution in [-0.4, -0.2) is 5.91 Å². The van der Waals surface area contributed by atoms with Crippen molar-refractivity contribution in [2.75, 3.05) is 0 Å². The number of nitrogens with one attached hydrogen (secondary N) is 1. The molecule has 0 aliphatic heterocycles. The van der Waals surface area contributed by atoms with Crippen LogP contribution < -0.4 is 5.32 Å². The summed E-state index contributed by atoms with van der Waals surface area (Å²) in [6, 6.07) is 8.17. The van der Waals surface area contributed by atoms with Crippen LogP contribution in [0, 0.1) is 6.92 Å². The van der Waals surface area contributed by atoms with Gasteiger partial charge in [-0.25, -0.2) is 0 Å². The summed E-state index contributed by atoms with van der Waals surface area (Å²) in [5, 5.41) is 2.86. The minimum atomic E-state index is 0. The first-order valence-electron chi connectivity index (χ1n) is 5.44. The molecule has 0 heterocycles. The number of hydrogen-bond donors (Lipinski definition) is 1. The number of aryl methyl sites for hydroxylation is 1. The van der Waals surface area contributed by atoms with Gasteiger partial charge in [0.25, 0.3) is 0 Å². The molecule has 1 rings (SSSR count). The van der Waals surface area contributed by atoms with Crippen molar-refractivity contribution in [1.29, 1.82) is 0 Å². The molecule has 1 unspecified atom stereocenters. The zero-order valence-corrected chi connectivity index (χ0v) is 10.3. The molecule has 0 aliphatic rings. The van der Waals surface area contributed by atoms with Gasteiger partial charge in [-0.15, -0.1) is 0 Å². The van der Waals surface area contributed by atoms with Gasteiger partial charge in [-0.1, -0.05) is 38.1 Å². The summed E-state index contributed by atoms with van der Waals surface area (Å²) in [5.74, 6) is 0.00996. The smallest absolute Gasteiger partial charge is 0.217 e. The summed E-state index contributed by atoms with van der Waals surface area (Å²) in [5.41, 5.74) is 2.39. The van der Waals surface area contributed by atoms with E-state index in [0.717, 1.165) is 0 Å². The lowest BCUT2D eigenvalue weighted by atomic mass is 10.0. The summed E-state index contributed by atoms with van der Waals surface area (Å²) < 4.78 is 0. The molecule has 1 amide bonds. The minimum Gasteiger partial charge on any atom is -0.350 e. The fourth-order valence-corrected chi connectivity index (χ4v) is 1.46. The first-order valence-corrected chi connectivity index (χ1v) is 5.44. The summed E-state index contributed by atoms with van der Waals surface area (Å²) in [4.78, 5) is 10.8. The molecule has 0 aromatic heterocycles. The van der Waals surface area contributed by atoms with Crippen LogP contribution in [0.1, 0.15) is 46.3 Å². The minimum absolute atomic E-state index is 0. The highest BCUT2D eigenvalue weighted by Gasteiger charge is 2.07. The van der Waals surface area contributed by atoms with Crippen molar-refractivity contribution < 1.29 is 6.22 Å². The summed E-state index contributed by atoms with van der Waals surface area (Å²) in [6.45, 7) is 9.58. The zero-order valence-electron chi connectivity index (χ0n) is 10.3. The number of carbonyl (C=O) groups excluding carboxylic acids is 1. The van der Waals surface area contributed by atoms with E-state index in [1.165, 1.54) is 18.1 Å². The van der Waals surface area contributed by atoms with Crippen LogP contribution in [0.3, 0.4) is 0 Å². The van der Waals surface area contributed by atoms with E-state index in [-0.39, 0.29) is 13.4 Å². The van der Waals surface area contributed by atoms with Crippen molar-refractivity contribution in [3.05, 3.63) is 35.4 Å². The molecule has 1 aromatic carbocycles. The fourth-order valence-electron chi connectivity index (χ4n) is 1.46. The predicted molar refractivity (Wildman–Crippen MR) is 66.9 cm³/mol. The molecule has 86 valence electrons. The molecule has 1 atom stereocenters. The Morgan fingerprint density at radius 3 is 2.33 bits per heavy atom. The van der Waals surface area contributed by atoms with E-state index in [4.69, 9.17) is 0 Å². The van der Waals surface area contributed by atoms with Gasteiger partial charge in [0.2, 0.25) is 5.91 Å². The molecule has 0 saturated heterocycles. The third-order valence-corrected chi connectivity index (χ3v) is 2.07. The van der Waals surface area contributed by atoms with Crippen LogP contribution in [0.15, 0.2) is 24.3 Å². The van der Waals surface area contributed by atoms with E-state index < -0.39 is 0 Å². The highest BCUT2D eigenvalue weighted by atomic mass is 16.1. The van der Waals surface area contributed by atoms with Crippen LogP contribution >= 0.6 is 0 Å². The van der Waals surface area contributed by atoms with Gasteiger partial charge in [0, 0.05) is 8.35 Å². The number of amides is 1. The van der Waals surface area contributed by atoms with Crippen LogP contribution in [-0.2, 0) is 4.79 Å². The Morgan fingerprint density at radius 2 is 1.87 bits per heavy atom. The molecule has 2 nitrogen and oxygen atoms in total. The maximum absolute atomic E-state index is 10.8. The van der Waals surface area contributed by atoms with Crippen molar-refractivity contribution >= 4 is 5.91 Å². The lowest BCUT2D eigenvalue weighted by Crippen LogP contribution is -2.24. The number of hydrogen-bond acceptors (Lipinski definition) is 1. The lowest BCUT2D eigenvalue weighted by Gasteiger charge is -2.14. The van der Waals surface area contributed by atoms with E-state index in [1.807, 2.05) is 52.0 Å². The molecule has 0 spiro atoms. The molecule has 1 aromatic rings. The van der Waals surface area contributed by atoms with Crippen molar-refractivity contribution in [3.8, 4) is 0 Å². The van der Waals surface area contributed by atoms with Crippen molar-refractivity contribution in [1.82, 2.24) is 5.32 Å². The third-order valence-electron chi connectivity index (χ3n) is 2.07. The van der Waals surface area contributed by atoms with Gasteiger partial charge >= 0.3 is 0 Å². The molecule has 1 N–H and O–H groups in total. The van der Waals surface area contributed by atoms with Crippen LogP contribution in [0.5, 0.6) is 0 Å². The van der Waals surface area contributed by atoms with Gasteiger partial charge in [-0.2, -0.15) is 0 Å². The summed E-state index contributed by atoms with van der Waals surface area (Å²) in [6.07, 6.45) is 0. The molecular formula is C13H23NO. The quantitative estimate of drug-likeness (QED) is 0.794. The molecule has 15 heavy (non-hydrogen) atoms. The Hall–Kier alpha value is -1.31. The van der Waals surface area contributed by atoms with Gasteiger partial charge in [0.15, 0.2) is 0 Å². The average Bonchev–Trinajstić information content (AvgIpc) is 2.20. The highest BCUT2D eigenvalue weighted by molar-refractivity contribution is 5.73. The van der Waals surface area contributed by atoms with E-state index in [1.54, 1.807) is 0 Å². The molecule has 0 bridgehead atoms. The van der Waals surface area contributed by atoms with Crippen LogP contribution in [0.25, 0.3) is 0 Å². The van der Waals surface area contributed by atoms with Gasteiger partial charge in [0.05, 0.1) is 6.04 Å². The van der Waals surface area contributed by atoms with Gasteiger partial charge in [-0.05, 0) is 25.0 Å².